The van der Waals surface area contributed by atoms with Crippen molar-refractivity contribution in [3.05, 3.63) is 65.2 Å². The van der Waals surface area contributed by atoms with Crippen LogP contribution in [0.3, 0.4) is 0 Å². The summed E-state index contributed by atoms with van der Waals surface area (Å²) < 4.78 is 5.64. The molecular weight excluding hydrogens is 458 g/mol. The first-order chi connectivity index (χ1) is 14.9. The molecule has 0 fully saturated rings. The Labute approximate surface area is 190 Å². The molecule has 0 aliphatic rings. The molecule has 4 rings (SSSR count). The number of carbonyl (C=O) groups is 2. The van der Waals surface area contributed by atoms with Crippen molar-refractivity contribution >= 4 is 68.9 Å². The molecule has 31 heavy (non-hydrogen) atoms. The van der Waals surface area contributed by atoms with Gasteiger partial charge in [0.25, 0.3) is 0 Å². The van der Waals surface area contributed by atoms with Crippen LogP contribution < -0.4 is 0 Å². The summed E-state index contributed by atoms with van der Waals surface area (Å²) in [5, 5.41) is 20.4. The van der Waals surface area contributed by atoms with Crippen LogP contribution >= 0.6 is 35.1 Å². The van der Waals surface area contributed by atoms with Crippen LogP contribution in [0.15, 0.2) is 59.0 Å². The molecule has 6 nitrogen and oxygen atoms in total. The first-order valence-electron chi connectivity index (χ1n) is 9.16. The van der Waals surface area contributed by atoms with E-state index in [1.807, 2.05) is 48.5 Å². The van der Waals surface area contributed by atoms with Crippen LogP contribution in [0.2, 0.25) is 5.02 Å². The van der Waals surface area contributed by atoms with E-state index in [0.717, 1.165) is 21.9 Å². The molecule has 0 saturated carbocycles. The molecule has 158 valence electrons. The summed E-state index contributed by atoms with van der Waals surface area (Å²) >= 11 is 8.45. The highest BCUT2D eigenvalue weighted by atomic mass is 35.5. The third-order valence-electron chi connectivity index (χ3n) is 4.44. The van der Waals surface area contributed by atoms with Crippen LogP contribution in [0.1, 0.15) is 10.1 Å². The standard InChI is InChI=1S/C22H16ClNO5S2/c23-15-4-1-12-2-5-16(24-17(12)9-15)19-8-14-7-13(3-6-18(14)29-19)22(30-10-20(25)26)31-11-21(27)28/h1-9,22H,10-11H2,(H,25,26)(H,27,28). The van der Waals surface area contributed by atoms with Crippen LogP contribution in [-0.2, 0) is 9.59 Å². The monoisotopic (exact) mass is 473 g/mol. The van der Waals surface area contributed by atoms with Crippen LogP contribution in [0.5, 0.6) is 0 Å². The van der Waals surface area contributed by atoms with Gasteiger partial charge >= 0.3 is 11.9 Å². The van der Waals surface area contributed by atoms with Gasteiger partial charge in [0.1, 0.15) is 11.3 Å². The number of hydrogen-bond acceptors (Lipinski definition) is 6. The third-order valence-corrected chi connectivity index (χ3v) is 7.46. The number of carboxylic acids is 2. The summed E-state index contributed by atoms with van der Waals surface area (Å²) in [6.45, 7) is 0. The molecule has 0 unspecified atom stereocenters. The third kappa shape index (κ3) is 5.15. The van der Waals surface area contributed by atoms with Gasteiger partial charge in [-0.1, -0.05) is 29.8 Å². The highest BCUT2D eigenvalue weighted by Crippen LogP contribution is 2.41. The van der Waals surface area contributed by atoms with Crippen LogP contribution in [-0.4, -0.2) is 38.6 Å². The molecule has 0 saturated heterocycles. The molecule has 2 aromatic carbocycles. The zero-order valence-electron chi connectivity index (χ0n) is 15.9. The minimum Gasteiger partial charge on any atom is -0.481 e. The number of pyridine rings is 1. The second-order valence-corrected chi connectivity index (χ2v) is 9.60. The number of thioether (sulfide) groups is 2. The molecule has 2 heterocycles. The summed E-state index contributed by atoms with van der Waals surface area (Å²) in [5.74, 6) is -1.52. The highest BCUT2D eigenvalue weighted by molar-refractivity contribution is 8.16. The van der Waals surface area contributed by atoms with E-state index in [1.165, 1.54) is 23.5 Å². The highest BCUT2D eigenvalue weighted by Gasteiger charge is 2.18. The van der Waals surface area contributed by atoms with Crippen molar-refractivity contribution < 1.29 is 24.2 Å². The molecule has 0 aliphatic heterocycles. The maximum absolute atomic E-state index is 11.0. The van der Waals surface area contributed by atoms with Crippen molar-refractivity contribution in [1.82, 2.24) is 4.98 Å². The van der Waals surface area contributed by atoms with E-state index in [1.54, 1.807) is 6.07 Å². The van der Waals surface area contributed by atoms with Gasteiger partial charge in [-0.2, -0.15) is 0 Å². The Morgan fingerprint density at radius 1 is 0.935 bits per heavy atom. The minimum atomic E-state index is -0.944. The second-order valence-electron chi connectivity index (χ2n) is 6.68. The zero-order valence-corrected chi connectivity index (χ0v) is 18.3. The first kappa shape index (κ1) is 21.5. The van der Waals surface area contributed by atoms with E-state index in [2.05, 4.69) is 4.98 Å². The lowest BCUT2D eigenvalue weighted by molar-refractivity contribution is -0.134. The molecule has 0 atom stereocenters. The number of halogens is 1. The largest absolute Gasteiger partial charge is 0.481 e. The average molecular weight is 474 g/mol. The summed E-state index contributed by atoms with van der Waals surface area (Å²) in [5.41, 5.74) is 2.93. The fraction of sp³-hybridized carbons (Fsp3) is 0.136. The Morgan fingerprint density at radius 2 is 1.65 bits per heavy atom. The van der Waals surface area contributed by atoms with Crippen LogP contribution in [0, 0.1) is 0 Å². The Hall–Kier alpha value is -2.68. The normalized spacial score (nSPS) is 11.4. The Bertz CT molecular complexity index is 1270. The zero-order chi connectivity index (χ0) is 22.0. The Morgan fingerprint density at radius 3 is 2.35 bits per heavy atom. The van der Waals surface area contributed by atoms with Gasteiger partial charge in [-0.15, -0.1) is 23.5 Å². The number of hydrogen-bond donors (Lipinski definition) is 2. The van der Waals surface area contributed by atoms with E-state index >= 15 is 0 Å². The number of benzene rings is 2. The predicted molar refractivity (Wildman–Crippen MR) is 125 cm³/mol. The molecule has 0 spiro atoms. The molecule has 0 radical (unpaired) electrons. The van der Waals surface area contributed by atoms with Gasteiger partial charge < -0.3 is 14.6 Å². The topological polar surface area (TPSA) is 101 Å². The average Bonchev–Trinajstić information content (AvgIpc) is 3.16. The molecule has 9 heteroatoms. The number of fused-ring (bicyclic) bond motifs is 2. The molecule has 0 aliphatic carbocycles. The number of nitrogens with zero attached hydrogens (tertiary/aromatic N) is 1. The molecule has 2 aromatic heterocycles. The lowest BCUT2D eigenvalue weighted by Crippen LogP contribution is -2.04. The number of aromatic nitrogens is 1. The first-order valence-corrected chi connectivity index (χ1v) is 11.6. The quantitative estimate of drug-likeness (QED) is 0.303. The van der Waals surface area contributed by atoms with Crippen molar-refractivity contribution in [2.45, 2.75) is 4.58 Å². The van der Waals surface area contributed by atoms with Crippen molar-refractivity contribution in [3.63, 3.8) is 0 Å². The van der Waals surface area contributed by atoms with E-state index in [4.69, 9.17) is 26.2 Å². The molecule has 0 bridgehead atoms. The van der Waals surface area contributed by atoms with Crippen molar-refractivity contribution in [2.24, 2.45) is 0 Å². The van der Waals surface area contributed by atoms with Crippen molar-refractivity contribution in [3.8, 4) is 11.5 Å². The number of furan rings is 1. The molecule has 2 N–H and O–H groups in total. The van der Waals surface area contributed by atoms with E-state index in [-0.39, 0.29) is 16.1 Å². The second kappa shape index (κ2) is 9.21. The Kier molecular flexibility index (Phi) is 6.41. The minimum absolute atomic E-state index is 0.116. The maximum atomic E-state index is 11.0. The molecule has 0 amide bonds. The van der Waals surface area contributed by atoms with Gasteiger partial charge in [0.05, 0.1) is 21.6 Å². The lowest BCUT2D eigenvalue weighted by Gasteiger charge is -2.14. The van der Waals surface area contributed by atoms with E-state index in [9.17, 15) is 9.59 Å². The van der Waals surface area contributed by atoms with Gasteiger partial charge in [-0.25, -0.2) is 4.98 Å². The number of rotatable bonds is 8. The summed E-state index contributed by atoms with van der Waals surface area (Å²) in [6.07, 6.45) is 0. The van der Waals surface area contributed by atoms with Gasteiger partial charge in [-0.05, 0) is 42.0 Å². The van der Waals surface area contributed by atoms with Crippen LogP contribution in [0.4, 0.5) is 0 Å². The summed E-state index contributed by atoms with van der Waals surface area (Å²) in [6, 6.07) is 16.8. The summed E-state index contributed by atoms with van der Waals surface area (Å²) in [4.78, 5) is 26.6. The van der Waals surface area contributed by atoms with Crippen LogP contribution in [0.25, 0.3) is 33.3 Å². The smallest absolute Gasteiger partial charge is 0.313 e. The van der Waals surface area contributed by atoms with Gasteiger partial charge in [0, 0.05) is 15.8 Å². The molecule has 4 aromatic rings. The fourth-order valence-corrected chi connectivity index (χ4v) is 5.32. The van der Waals surface area contributed by atoms with Gasteiger partial charge in [0.2, 0.25) is 0 Å². The number of carboxylic acid groups (broad SMARTS) is 2. The lowest BCUT2D eigenvalue weighted by atomic mass is 10.1. The summed E-state index contributed by atoms with van der Waals surface area (Å²) in [7, 11) is 0. The number of aliphatic carboxylic acids is 2. The fourth-order valence-electron chi connectivity index (χ4n) is 3.10. The molecular formula is C22H16ClNO5S2. The van der Waals surface area contributed by atoms with Gasteiger partial charge in [0.15, 0.2) is 5.76 Å². The maximum Gasteiger partial charge on any atom is 0.313 e. The van der Waals surface area contributed by atoms with E-state index < -0.39 is 11.9 Å². The predicted octanol–water partition coefficient (Wildman–Crippen LogP) is 5.94. The van der Waals surface area contributed by atoms with Crippen molar-refractivity contribution in [2.75, 3.05) is 11.5 Å². The Balaban J connectivity index is 1.66. The SMILES string of the molecule is O=C(O)CSC(SCC(=O)O)c1ccc2oc(-c3ccc4ccc(Cl)cc4n3)cc2c1. The van der Waals surface area contributed by atoms with Crippen molar-refractivity contribution in [1.29, 1.82) is 0 Å². The van der Waals surface area contributed by atoms with E-state index in [0.29, 0.717) is 22.1 Å². The van der Waals surface area contributed by atoms with Gasteiger partial charge in [-0.3, -0.25) is 9.59 Å².